The Morgan fingerprint density at radius 3 is 2.00 bits per heavy atom. The molecule has 2 N–H and O–H groups in total. The lowest BCUT2D eigenvalue weighted by atomic mass is 9.92. The Bertz CT molecular complexity index is 87.8. The summed E-state index contributed by atoms with van der Waals surface area (Å²) in [4.78, 5) is 0. The first-order chi connectivity index (χ1) is 4.97. The molecule has 0 unspecified atom stereocenters. The van der Waals surface area contributed by atoms with Gasteiger partial charge in [0.1, 0.15) is 0 Å². The van der Waals surface area contributed by atoms with Gasteiger partial charge in [0.05, 0.1) is 0 Å². The molecule has 0 amide bonds. The Hall–Kier alpha value is -0.0800. The molecule has 2 nitrogen and oxygen atoms in total. The minimum absolute atomic E-state index is 0.933. The summed E-state index contributed by atoms with van der Waals surface area (Å²) in [5.41, 5.74) is 6.40. The van der Waals surface area contributed by atoms with Gasteiger partial charge in [-0.2, -0.15) is 0 Å². The van der Waals surface area contributed by atoms with Crippen molar-refractivity contribution in [3.8, 4) is 0 Å². The Kier molecular flexibility index (Phi) is 1.91. The van der Waals surface area contributed by atoms with Crippen molar-refractivity contribution in [2.24, 2.45) is 11.8 Å². The van der Waals surface area contributed by atoms with Gasteiger partial charge in [-0.25, -0.2) is 0 Å². The van der Waals surface area contributed by atoms with Crippen molar-refractivity contribution in [1.82, 2.24) is 10.9 Å². The van der Waals surface area contributed by atoms with E-state index in [9.17, 15) is 0 Å². The molecule has 0 aromatic rings. The lowest BCUT2D eigenvalue weighted by Gasteiger charge is -2.14. The Balaban J connectivity index is 1.85. The van der Waals surface area contributed by atoms with Gasteiger partial charge in [0.15, 0.2) is 0 Å². The molecule has 0 aromatic heterocycles. The molecule has 10 heavy (non-hydrogen) atoms. The summed E-state index contributed by atoms with van der Waals surface area (Å²) in [7, 11) is 0. The second kappa shape index (κ2) is 2.89. The first kappa shape index (κ1) is 6.62. The fourth-order valence-corrected chi connectivity index (χ4v) is 2.24. The van der Waals surface area contributed by atoms with Crippen LogP contribution in [0.4, 0.5) is 0 Å². The molecule has 2 aliphatic rings. The number of hydrogen-bond acceptors (Lipinski definition) is 2. The zero-order valence-corrected chi connectivity index (χ0v) is 6.40. The van der Waals surface area contributed by atoms with Crippen molar-refractivity contribution < 1.29 is 0 Å². The summed E-state index contributed by atoms with van der Waals surface area (Å²) >= 11 is 0. The lowest BCUT2D eigenvalue weighted by molar-refractivity contribution is 0.381. The van der Waals surface area contributed by atoms with Crippen molar-refractivity contribution >= 4 is 0 Å². The molecule has 0 spiro atoms. The highest BCUT2D eigenvalue weighted by molar-refractivity contribution is 4.80. The van der Waals surface area contributed by atoms with Gasteiger partial charge in [-0.3, -0.25) is 10.9 Å². The van der Waals surface area contributed by atoms with Crippen molar-refractivity contribution in [1.29, 1.82) is 0 Å². The summed E-state index contributed by atoms with van der Waals surface area (Å²) in [6.07, 6.45) is 5.91. The quantitative estimate of drug-likeness (QED) is 0.565. The van der Waals surface area contributed by atoms with Crippen LogP contribution in [0.25, 0.3) is 0 Å². The normalized spacial score (nSPS) is 30.0. The zero-order chi connectivity index (χ0) is 6.81. The van der Waals surface area contributed by atoms with E-state index in [2.05, 4.69) is 10.9 Å². The van der Waals surface area contributed by atoms with E-state index in [1.165, 1.54) is 38.8 Å². The first-order valence-electron chi connectivity index (χ1n) is 4.42. The molecular weight excluding hydrogens is 124 g/mol. The summed E-state index contributed by atoms with van der Waals surface area (Å²) in [6, 6.07) is 0. The Morgan fingerprint density at radius 2 is 1.40 bits per heavy atom. The number of hydrogen-bond donors (Lipinski definition) is 2. The van der Waals surface area contributed by atoms with Crippen LogP contribution in [-0.4, -0.2) is 13.1 Å². The van der Waals surface area contributed by atoms with Gasteiger partial charge in [0.25, 0.3) is 0 Å². The van der Waals surface area contributed by atoms with Gasteiger partial charge in [0.2, 0.25) is 0 Å². The highest BCUT2D eigenvalue weighted by Crippen LogP contribution is 2.31. The molecule has 1 saturated heterocycles. The van der Waals surface area contributed by atoms with Crippen LogP contribution in [0.2, 0.25) is 0 Å². The largest absolute Gasteiger partial charge is 0.258 e. The summed E-state index contributed by atoms with van der Waals surface area (Å²) in [6.45, 7) is 2.40. The predicted octanol–water partition coefficient (Wildman–Crippen LogP) is 0.901. The van der Waals surface area contributed by atoms with Crippen molar-refractivity contribution in [3.63, 3.8) is 0 Å². The number of nitrogens with one attached hydrogen (secondary N) is 2. The van der Waals surface area contributed by atoms with Crippen LogP contribution in [0.3, 0.4) is 0 Å². The summed E-state index contributed by atoms with van der Waals surface area (Å²) in [5.74, 6) is 1.96. The van der Waals surface area contributed by atoms with Gasteiger partial charge in [-0.15, -0.1) is 0 Å². The average Bonchev–Trinajstić information content (AvgIpc) is 2.59. The Labute approximate surface area is 62.4 Å². The maximum atomic E-state index is 3.20. The molecule has 58 valence electrons. The molecule has 1 heterocycles. The van der Waals surface area contributed by atoms with E-state index in [1.807, 2.05) is 0 Å². The number of hydrazine groups is 1. The third-order valence-electron chi connectivity index (χ3n) is 2.92. The van der Waals surface area contributed by atoms with Crippen LogP contribution in [-0.2, 0) is 0 Å². The standard InChI is InChI=1S/C8H16N2/c1-2-4-7(3-1)8-5-9-10-6-8/h7-10H,1-6H2. The third kappa shape index (κ3) is 1.18. The van der Waals surface area contributed by atoms with Crippen molar-refractivity contribution in [3.05, 3.63) is 0 Å². The van der Waals surface area contributed by atoms with Gasteiger partial charge in [0, 0.05) is 13.1 Å². The minimum Gasteiger partial charge on any atom is -0.258 e. The molecular formula is C8H16N2. The highest BCUT2D eigenvalue weighted by atomic mass is 15.4. The maximum absolute atomic E-state index is 3.20. The molecule has 2 rings (SSSR count). The van der Waals surface area contributed by atoms with Crippen LogP contribution in [0.1, 0.15) is 25.7 Å². The molecule has 0 radical (unpaired) electrons. The summed E-state index contributed by atoms with van der Waals surface area (Å²) in [5, 5.41) is 0. The van der Waals surface area contributed by atoms with E-state index >= 15 is 0 Å². The van der Waals surface area contributed by atoms with Gasteiger partial charge in [-0.1, -0.05) is 25.7 Å². The molecule has 2 heteroatoms. The Morgan fingerprint density at radius 1 is 0.800 bits per heavy atom. The van der Waals surface area contributed by atoms with Crippen LogP contribution < -0.4 is 10.9 Å². The van der Waals surface area contributed by atoms with E-state index in [0.29, 0.717) is 0 Å². The van der Waals surface area contributed by atoms with Crippen LogP contribution in [0.5, 0.6) is 0 Å². The minimum atomic E-state index is 0.933. The SMILES string of the molecule is C1CCC(C2CNNC2)C1. The second-order valence-corrected chi connectivity index (χ2v) is 3.57. The fraction of sp³-hybridized carbons (Fsp3) is 1.00. The topological polar surface area (TPSA) is 24.1 Å². The van der Waals surface area contributed by atoms with Crippen LogP contribution >= 0.6 is 0 Å². The monoisotopic (exact) mass is 140 g/mol. The van der Waals surface area contributed by atoms with Gasteiger partial charge in [-0.05, 0) is 11.8 Å². The molecule has 2 fully saturated rings. The van der Waals surface area contributed by atoms with Crippen molar-refractivity contribution in [2.75, 3.05) is 13.1 Å². The van der Waals surface area contributed by atoms with E-state index in [-0.39, 0.29) is 0 Å². The smallest absolute Gasteiger partial charge is 0.0143 e. The second-order valence-electron chi connectivity index (χ2n) is 3.57. The van der Waals surface area contributed by atoms with Gasteiger partial charge < -0.3 is 0 Å². The molecule has 1 aliphatic carbocycles. The molecule has 0 aromatic carbocycles. The maximum Gasteiger partial charge on any atom is 0.0143 e. The molecule has 0 atom stereocenters. The predicted molar refractivity (Wildman–Crippen MR) is 41.5 cm³/mol. The third-order valence-corrected chi connectivity index (χ3v) is 2.92. The first-order valence-corrected chi connectivity index (χ1v) is 4.42. The van der Waals surface area contributed by atoms with E-state index in [4.69, 9.17) is 0 Å². The van der Waals surface area contributed by atoms with E-state index in [1.54, 1.807) is 0 Å². The van der Waals surface area contributed by atoms with Gasteiger partial charge >= 0.3 is 0 Å². The van der Waals surface area contributed by atoms with Crippen molar-refractivity contribution in [2.45, 2.75) is 25.7 Å². The van der Waals surface area contributed by atoms with Crippen LogP contribution in [0, 0.1) is 11.8 Å². The zero-order valence-electron chi connectivity index (χ0n) is 6.40. The molecule has 1 aliphatic heterocycles. The highest BCUT2D eigenvalue weighted by Gasteiger charge is 2.26. The lowest BCUT2D eigenvalue weighted by Crippen LogP contribution is -2.21. The number of rotatable bonds is 1. The molecule has 1 saturated carbocycles. The van der Waals surface area contributed by atoms with E-state index in [0.717, 1.165) is 11.8 Å². The molecule has 0 bridgehead atoms. The van der Waals surface area contributed by atoms with Crippen LogP contribution in [0.15, 0.2) is 0 Å². The van der Waals surface area contributed by atoms with E-state index < -0.39 is 0 Å². The fourth-order valence-electron chi connectivity index (χ4n) is 2.24. The average molecular weight is 140 g/mol. The summed E-state index contributed by atoms with van der Waals surface area (Å²) < 4.78 is 0.